The van der Waals surface area contributed by atoms with E-state index in [-0.39, 0.29) is 18.0 Å². The molecule has 0 spiro atoms. The molecule has 1 aromatic carbocycles. The molecule has 1 aromatic rings. The zero-order valence-electron chi connectivity index (χ0n) is 15.5. The number of hydrogen-bond acceptors (Lipinski definition) is 3. The van der Waals surface area contributed by atoms with Crippen LogP contribution in [0.1, 0.15) is 26.2 Å². The van der Waals surface area contributed by atoms with Crippen molar-refractivity contribution >= 4 is 17.6 Å². The summed E-state index contributed by atoms with van der Waals surface area (Å²) < 4.78 is 26.9. The molecule has 0 aliphatic carbocycles. The number of rotatable bonds is 4. The minimum atomic E-state index is -0.598. The van der Waals surface area contributed by atoms with Crippen molar-refractivity contribution in [2.24, 2.45) is 5.92 Å². The van der Waals surface area contributed by atoms with E-state index in [1.807, 2.05) is 9.80 Å². The molecule has 8 heteroatoms. The molecule has 6 nitrogen and oxygen atoms in total. The number of amides is 3. The van der Waals surface area contributed by atoms with Crippen molar-refractivity contribution in [3.8, 4) is 0 Å². The zero-order valence-corrected chi connectivity index (χ0v) is 15.5. The van der Waals surface area contributed by atoms with Gasteiger partial charge in [0, 0.05) is 51.8 Å². The second kappa shape index (κ2) is 8.54. The smallest absolute Gasteiger partial charge is 0.315 e. The van der Waals surface area contributed by atoms with Gasteiger partial charge < -0.3 is 20.4 Å². The Morgan fingerprint density at radius 3 is 2.56 bits per heavy atom. The molecule has 0 bridgehead atoms. The topological polar surface area (TPSA) is 64.7 Å². The highest BCUT2D eigenvalue weighted by atomic mass is 19.1. The predicted molar refractivity (Wildman–Crippen MR) is 98.5 cm³/mol. The largest absolute Gasteiger partial charge is 0.367 e. The molecule has 2 saturated heterocycles. The van der Waals surface area contributed by atoms with E-state index in [4.69, 9.17) is 0 Å². The first-order valence-corrected chi connectivity index (χ1v) is 9.42. The summed E-state index contributed by atoms with van der Waals surface area (Å²) >= 11 is 0. The van der Waals surface area contributed by atoms with E-state index < -0.39 is 11.6 Å². The summed E-state index contributed by atoms with van der Waals surface area (Å²) in [5, 5.41) is 5.82. The van der Waals surface area contributed by atoms with E-state index in [1.54, 1.807) is 6.92 Å². The molecule has 2 N–H and O–H groups in total. The van der Waals surface area contributed by atoms with E-state index in [2.05, 4.69) is 10.6 Å². The summed E-state index contributed by atoms with van der Waals surface area (Å²) in [7, 11) is 0. The van der Waals surface area contributed by atoms with Crippen LogP contribution >= 0.6 is 0 Å². The van der Waals surface area contributed by atoms with Crippen LogP contribution < -0.4 is 15.5 Å². The number of nitrogens with one attached hydrogen (secondary N) is 2. The first-order valence-electron chi connectivity index (χ1n) is 9.42. The number of halogens is 2. The fourth-order valence-corrected chi connectivity index (χ4v) is 3.76. The summed E-state index contributed by atoms with van der Waals surface area (Å²) in [5.41, 5.74) is 0.360. The fourth-order valence-electron chi connectivity index (χ4n) is 3.76. The molecule has 27 heavy (non-hydrogen) atoms. The fraction of sp³-hybridized carbons (Fsp3) is 0.579. The third-order valence-electron chi connectivity index (χ3n) is 5.39. The number of hydrogen-bond donors (Lipinski definition) is 2. The third-order valence-corrected chi connectivity index (χ3v) is 5.39. The number of nitrogens with zero attached hydrogens (tertiary/aromatic N) is 2. The minimum absolute atomic E-state index is 0.0750. The Hall–Kier alpha value is -2.38. The second-order valence-electron chi connectivity index (χ2n) is 7.33. The van der Waals surface area contributed by atoms with Crippen LogP contribution in [0.4, 0.5) is 19.3 Å². The van der Waals surface area contributed by atoms with Gasteiger partial charge in [-0.3, -0.25) is 4.79 Å². The van der Waals surface area contributed by atoms with Crippen LogP contribution in [-0.2, 0) is 4.79 Å². The molecule has 148 valence electrons. The van der Waals surface area contributed by atoms with Crippen LogP contribution in [0.2, 0.25) is 0 Å². The Morgan fingerprint density at radius 1 is 1.15 bits per heavy atom. The van der Waals surface area contributed by atoms with Crippen molar-refractivity contribution < 1.29 is 18.4 Å². The maximum absolute atomic E-state index is 13.9. The second-order valence-corrected chi connectivity index (χ2v) is 7.33. The van der Waals surface area contributed by atoms with Gasteiger partial charge in [-0.05, 0) is 37.3 Å². The summed E-state index contributed by atoms with van der Waals surface area (Å²) in [5.74, 6) is -0.710. The molecule has 1 unspecified atom stereocenters. The van der Waals surface area contributed by atoms with E-state index in [0.29, 0.717) is 37.7 Å². The molecule has 2 heterocycles. The predicted octanol–water partition coefficient (Wildman–Crippen LogP) is 2.10. The lowest BCUT2D eigenvalue weighted by Crippen LogP contribution is -2.46. The van der Waals surface area contributed by atoms with E-state index in [0.717, 1.165) is 32.0 Å². The Bertz CT molecular complexity index is 692. The van der Waals surface area contributed by atoms with E-state index in [9.17, 15) is 18.4 Å². The van der Waals surface area contributed by atoms with E-state index >= 15 is 0 Å². The summed E-state index contributed by atoms with van der Waals surface area (Å²) in [6.45, 7) is 4.74. The average molecular weight is 380 g/mol. The zero-order chi connectivity index (χ0) is 19.4. The van der Waals surface area contributed by atoms with Crippen molar-refractivity contribution in [1.82, 2.24) is 15.5 Å². The molecule has 2 aliphatic rings. The molecule has 1 atom stereocenters. The van der Waals surface area contributed by atoms with Gasteiger partial charge in [-0.15, -0.1) is 0 Å². The van der Waals surface area contributed by atoms with Gasteiger partial charge in [0.15, 0.2) is 0 Å². The van der Waals surface area contributed by atoms with Crippen LogP contribution in [0, 0.1) is 17.6 Å². The van der Waals surface area contributed by atoms with Gasteiger partial charge in [0.25, 0.3) is 0 Å². The molecule has 0 radical (unpaired) electrons. The SMILES string of the molecule is CC(=O)N1CCC(CNC(=O)NC2CCN(c3ccc(F)cc3F)C2)CC1. The van der Waals surface area contributed by atoms with Crippen LogP contribution in [0.15, 0.2) is 18.2 Å². The minimum Gasteiger partial charge on any atom is -0.367 e. The number of benzene rings is 1. The number of carbonyl (C=O) groups excluding carboxylic acids is 2. The summed E-state index contributed by atoms with van der Waals surface area (Å²) in [6, 6.07) is 3.24. The standard InChI is InChI=1S/C19H26F2N4O2/c1-13(26)24-7-4-14(5-8-24)11-22-19(27)23-16-6-9-25(12-16)18-3-2-15(20)10-17(18)21/h2-3,10,14,16H,4-9,11-12H2,1H3,(H2,22,23,27). The molecule has 3 rings (SSSR count). The highest BCUT2D eigenvalue weighted by Crippen LogP contribution is 2.24. The third kappa shape index (κ3) is 5.08. The van der Waals surface area contributed by atoms with E-state index in [1.165, 1.54) is 12.1 Å². The van der Waals surface area contributed by atoms with Gasteiger partial charge >= 0.3 is 6.03 Å². The monoisotopic (exact) mass is 380 g/mol. The van der Waals surface area contributed by atoms with Crippen molar-refractivity contribution in [1.29, 1.82) is 0 Å². The highest BCUT2D eigenvalue weighted by Gasteiger charge is 2.26. The quantitative estimate of drug-likeness (QED) is 0.841. The van der Waals surface area contributed by atoms with Crippen LogP contribution in [-0.4, -0.2) is 55.6 Å². The lowest BCUT2D eigenvalue weighted by atomic mass is 9.97. The number of likely N-dealkylation sites (tertiary alicyclic amines) is 1. The number of urea groups is 1. The van der Waals surface area contributed by atoms with Crippen molar-refractivity contribution in [3.63, 3.8) is 0 Å². The maximum Gasteiger partial charge on any atom is 0.315 e. The van der Waals surface area contributed by atoms with Crippen LogP contribution in [0.5, 0.6) is 0 Å². The van der Waals surface area contributed by atoms with Crippen molar-refractivity contribution in [2.75, 3.05) is 37.6 Å². The first-order chi connectivity index (χ1) is 12.9. The first kappa shape index (κ1) is 19.4. The average Bonchev–Trinajstić information content (AvgIpc) is 3.08. The van der Waals surface area contributed by atoms with Gasteiger partial charge in [-0.25, -0.2) is 13.6 Å². The molecular weight excluding hydrogens is 354 g/mol. The number of anilines is 1. The van der Waals surface area contributed by atoms with Gasteiger partial charge in [0.2, 0.25) is 5.91 Å². The lowest BCUT2D eigenvalue weighted by Gasteiger charge is -2.31. The maximum atomic E-state index is 13.9. The molecule has 2 aliphatic heterocycles. The molecule has 0 saturated carbocycles. The number of carbonyl (C=O) groups is 2. The Morgan fingerprint density at radius 2 is 1.89 bits per heavy atom. The highest BCUT2D eigenvalue weighted by molar-refractivity contribution is 5.74. The van der Waals surface area contributed by atoms with Gasteiger partial charge in [-0.2, -0.15) is 0 Å². The molecule has 2 fully saturated rings. The lowest BCUT2D eigenvalue weighted by molar-refractivity contribution is -0.130. The molecule has 3 amide bonds. The number of piperidine rings is 1. The van der Waals surface area contributed by atoms with Crippen LogP contribution in [0.3, 0.4) is 0 Å². The van der Waals surface area contributed by atoms with Crippen molar-refractivity contribution in [3.05, 3.63) is 29.8 Å². The Kier molecular flexibility index (Phi) is 6.13. The van der Waals surface area contributed by atoms with Crippen LogP contribution in [0.25, 0.3) is 0 Å². The normalized spacial score (nSPS) is 20.6. The van der Waals surface area contributed by atoms with Crippen molar-refractivity contribution in [2.45, 2.75) is 32.2 Å². The molecule has 0 aromatic heterocycles. The Labute approximate surface area is 157 Å². The summed E-state index contributed by atoms with van der Waals surface area (Å²) in [6.07, 6.45) is 2.49. The Balaban J connectivity index is 1.40. The van der Waals surface area contributed by atoms with Gasteiger partial charge in [0.1, 0.15) is 11.6 Å². The van der Waals surface area contributed by atoms with Gasteiger partial charge in [-0.1, -0.05) is 0 Å². The van der Waals surface area contributed by atoms with Gasteiger partial charge in [0.05, 0.1) is 5.69 Å². The summed E-state index contributed by atoms with van der Waals surface area (Å²) in [4.78, 5) is 27.1. The molecular formula is C19H26F2N4O2.